The number of aromatic nitrogens is 3. The number of fused-ring (bicyclic) bond motifs is 3. The molecule has 9 nitrogen and oxygen atoms in total. The van der Waals surface area contributed by atoms with Crippen molar-refractivity contribution in [2.45, 2.75) is 31.9 Å². The van der Waals surface area contributed by atoms with Crippen LogP contribution in [0.3, 0.4) is 0 Å². The van der Waals surface area contributed by atoms with Gasteiger partial charge in [0.1, 0.15) is 10.7 Å². The highest BCUT2D eigenvalue weighted by Gasteiger charge is 2.27. The number of piperazine rings is 1. The molecule has 168 valence electrons. The molecule has 4 heterocycles. The lowest BCUT2D eigenvalue weighted by Crippen LogP contribution is -2.51. The summed E-state index contributed by atoms with van der Waals surface area (Å²) in [4.78, 5) is 50.6. The Hall–Kier alpha value is -2.66. The first-order chi connectivity index (χ1) is 15.5. The average Bonchev–Trinajstić information content (AvgIpc) is 3.49. The second-order valence-electron chi connectivity index (χ2n) is 8.05. The second-order valence-corrected chi connectivity index (χ2v) is 10.1. The summed E-state index contributed by atoms with van der Waals surface area (Å²) in [6, 6.07) is 1.62. The summed E-state index contributed by atoms with van der Waals surface area (Å²) in [6.45, 7) is 3.66. The Morgan fingerprint density at radius 2 is 2.00 bits per heavy atom. The Labute approximate surface area is 192 Å². The predicted molar refractivity (Wildman–Crippen MR) is 122 cm³/mol. The highest BCUT2D eigenvalue weighted by Crippen LogP contribution is 2.34. The minimum atomic E-state index is -0.197. The van der Waals surface area contributed by atoms with Crippen molar-refractivity contribution in [1.29, 1.82) is 0 Å². The first kappa shape index (κ1) is 21.2. The van der Waals surface area contributed by atoms with E-state index in [1.165, 1.54) is 22.2 Å². The van der Waals surface area contributed by atoms with E-state index in [9.17, 15) is 14.4 Å². The Kier molecular flexibility index (Phi) is 5.76. The largest absolute Gasteiger partial charge is 0.351 e. The van der Waals surface area contributed by atoms with Crippen LogP contribution in [0.2, 0.25) is 0 Å². The van der Waals surface area contributed by atoms with Crippen LogP contribution in [0.25, 0.3) is 10.2 Å². The van der Waals surface area contributed by atoms with Crippen molar-refractivity contribution in [3.8, 4) is 0 Å². The van der Waals surface area contributed by atoms with Gasteiger partial charge in [-0.15, -0.1) is 23.1 Å². The van der Waals surface area contributed by atoms with Gasteiger partial charge in [-0.25, -0.2) is 4.98 Å². The first-order valence-electron chi connectivity index (χ1n) is 10.6. The smallest absolute Gasteiger partial charge is 0.292 e. The molecule has 2 aliphatic rings. The Bertz CT molecular complexity index is 1240. The fourth-order valence-corrected chi connectivity index (χ4v) is 6.29. The molecule has 3 aromatic rings. The maximum atomic E-state index is 12.6. The van der Waals surface area contributed by atoms with E-state index in [0.717, 1.165) is 29.5 Å². The zero-order valence-electron chi connectivity index (χ0n) is 17.7. The van der Waals surface area contributed by atoms with E-state index in [1.54, 1.807) is 34.1 Å². The number of amides is 2. The summed E-state index contributed by atoms with van der Waals surface area (Å²) in [5.74, 6) is 1.44. The van der Waals surface area contributed by atoms with Crippen LogP contribution in [0.1, 0.15) is 38.9 Å². The number of aryl methyl sites for hydroxylation is 3. The van der Waals surface area contributed by atoms with Gasteiger partial charge in [0, 0.05) is 37.1 Å². The standard InChI is InChI=1S/C21H23N5O4S2/c1-12-9-14(30-24-12)21(29)26-7-5-25(6-8-26)17(27)11-31-10-16-22-19(28)18-13-3-2-4-15(13)32-20(18)23-16/h9H,2-8,10-11H2,1H3,(H,22,23,28). The lowest BCUT2D eigenvalue weighted by Gasteiger charge is -2.34. The van der Waals surface area contributed by atoms with Gasteiger partial charge in [0.25, 0.3) is 11.5 Å². The number of aromatic amines is 1. The van der Waals surface area contributed by atoms with Gasteiger partial charge in [-0.3, -0.25) is 14.4 Å². The van der Waals surface area contributed by atoms with E-state index < -0.39 is 0 Å². The topological polar surface area (TPSA) is 112 Å². The van der Waals surface area contributed by atoms with E-state index in [4.69, 9.17) is 4.52 Å². The molecule has 0 saturated carbocycles. The molecule has 2 amide bonds. The van der Waals surface area contributed by atoms with E-state index in [-0.39, 0.29) is 23.1 Å². The van der Waals surface area contributed by atoms with Crippen LogP contribution in [0, 0.1) is 6.92 Å². The van der Waals surface area contributed by atoms with Crippen molar-refractivity contribution < 1.29 is 14.1 Å². The summed E-state index contributed by atoms with van der Waals surface area (Å²) in [7, 11) is 0. The third-order valence-electron chi connectivity index (χ3n) is 5.85. The molecule has 1 fully saturated rings. The monoisotopic (exact) mass is 473 g/mol. The first-order valence-corrected chi connectivity index (χ1v) is 12.6. The minimum Gasteiger partial charge on any atom is -0.351 e. The Morgan fingerprint density at radius 3 is 2.75 bits per heavy atom. The van der Waals surface area contributed by atoms with Crippen LogP contribution >= 0.6 is 23.1 Å². The molecule has 0 radical (unpaired) electrons. The van der Waals surface area contributed by atoms with E-state index in [1.807, 2.05) is 0 Å². The summed E-state index contributed by atoms with van der Waals surface area (Å²) in [5.41, 5.74) is 1.76. The van der Waals surface area contributed by atoms with Crippen molar-refractivity contribution in [2.75, 3.05) is 31.9 Å². The van der Waals surface area contributed by atoms with Crippen molar-refractivity contribution in [1.82, 2.24) is 24.9 Å². The number of carbonyl (C=O) groups is 2. The number of nitrogens with one attached hydrogen (secondary N) is 1. The van der Waals surface area contributed by atoms with Crippen LogP contribution in [-0.2, 0) is 23.4 Å². The molecule has 5 rings (SSSR count). The lowest BCUT2D eigenvalue weighted by atomic mass is 10.2. The number of nitrogens with zero attached hydrogens (tertiary/aromatic N) is 4. The van der Waals surface area contributed by atoms with Crippen LogP contribution in [0.5, 0.6) is 0 Å². The normalized spacial score (nSPS) is 16.0. The quantitative estimate of drug-likeness (QED) is 0.603. The van der Waals surface area contributed by atoms with Crippen LogP contribution in [0.15, 0.2) is 15.4 Å². The molecule has 0 unspecified atom stereocenters. The van der Waals surface area contributed by atoms with E-state index in [0.29, 0.717) is 49.2 Å². The van der Waals surface area contributed by atoms with Gasteiger partial charge in [-0.2, -0.15) is 0 Å². The number of hydrogen-bond donors (Lipinski definition) is 1. The van der Waals surface area contributed by atoms with Crippen LogP contribution < -0.4 is 5.56 Å². The average molecular weight is 474 g/mol. The number of carbonyl (C=O) groups excluding carboxylic acids is 2. The maximum Gasteiger partial charge on any atom is 0.292 e. The Balaban J connectivity index is 1.13. The van der Waals surface area contributed by atoms with Gasteiger partial charge in [-0.1, -0.05) is 5.16 Å². The van der Waals surface area contributed by atoms with Gasteiger partial charge in [-0.05, 0) is 31.7 Å². The molecule has 1 N–H and O–H groups in total. The minimum absolute atomic E-state index is 0.0242. The lowest BCUT2D eigenvalue weighted by molar-refractivity contribution is -0.129. The second kappa shape index (κ2) is 8.70. The number of hydrogen-bond acceptors (Lipinski definition) is 8. The molecule has 0 bridgehead atoms. The SMILES string of the molecule is Cc1cc(C(=O)N2CCN(C(=O)CSCc3nc4sc5c(c4c(=O)[nH]3)CCC5)CC2)on1. The molecule has 1 aliphatic heterocycles. The summed E-state index contributed by atoms with van der Waals surface area (Å²) < 4.78 is 5.05. The molecule has 1 saturated heterocycles. The highest BCUT2D eigenvalue weighted by molar-refractivity contribution is 7.99. The maximum absolute atomic E-state index is 12.6. The Morgan fingerprint density at radius 1 is 1.22 bits per heavy atom. The number of rotatable bonds is 5. The summed E-state index contributed by atoms with van der Waals surface area (Å²) >= 11 is 3.06. The molecule has 32 heavy (non-hydrogen) atoms. The van der Waals surface area contributed by atoms with Crippen LogP contribution in [0.4, 0.5) is 0 Å². The molecule has 0 atom stereocenters. The fraction of sp³-hybridized carbons (Fsp3) is 0.476. The third-order valence-corrected chi connectivity index (χ3v) is 7.96. The third kappa shape index (κ3) is 4.06. The molecular weight excluding hydrogens is 450 g/mol. The summed E-state index contributed by atoms with van der Waals surface area (Å²) in [6.07, 6.45) is 3.10. The van der Waals surface area contributed by atoms with Crippen molar-refractivity contribution in [3.05, 3.63) is 44.1 Å². The van der Waals surface area contributed by atoms with E-state index >= 15 is 0 Å². The molecule has 0 aromatic carbocycles. The summed E-state index contributed by atoms with van der Waals surface area (Å²) in [5, 5.41) is 4.50. The van der Waals surface area contributed by atoms with Gasteiger partial charge < -0.3 is 19.3 Å². The van der Waals surface area contributed by atoms with Gasteiger partial charge in [0.2, 0.25) is 11.7 Å². The highest BCUT2D eigenvalue weighted by atomic mass is 32.2. The van der Waals surface area contributed by atoms with Gasteiger partial charge >= 0.3 is 0 Å². The van der Waals surface area contributed by atoms with Crippen molar-refractivity contribution in [3.63, 3.8) is 0 Å². The van der Waals surface area contributed by atoms with Crippen molar-refractivity contribution in [2.24, 2.45) is 0 Å². The fourth-order valence-electron chi connectivity index (χ4n) is 4.22. The van der Waals surface area contributed by atoms with Crippen LogP contribution in [-0.4, -0.2) is 68.7 Å². The zero-order chi connectivity index (χ0) is 22.2. The number of H-pyrrole nitrogens is 1. The zero-order valence-corrected chi connectivity index (χ0v) is 19.3. The molecule has 11 heteroatoms. The predicted octanol–water partition coefficient (Wildman–Crippen LogP) is 1.99. The number of thiophene rings is 1. The van der Waals surface area contributed by atoms with Crippen molar-refractivity contribution >= 4 is 45.1 Å². The van der Waals surface area contributed by atoms with Gasteiger partial charge in [0.05, 0.1) is 22.6 Å². The number of thioether (sulfide) groups is 1. The molecule has 3 aromatic heterocycles. The van der Waals surface area contributed by atoms with Gasteiger partial charge in [0.15, 0.2) is 0 Å². The molecule has 1 aliphatic carbocycles. The molecular formula is C21H23N5O4S2. The molecule has 0 spiro atoms. The van der Waals surface area contributed by atoms with E-state index in [2.05, 4.69) is 15.1 Å².